The van der Waals surface area contributed by atoms with E-state index in [-0.39, 0.29) is 6.61 Å². The molecule has 0 bridgehead atoms. The van der Waals surface area contributed by atoms with Crippen LogP contribution in [0.4, 0.5) is 0 Å². The largest absolute Gasteiger partial charge is 0.480 e. The van der Waals surface area contributed by atoms with E-state index in [9.17, 15) is 4.79 Å². The lowest BCUT2D eigenvalue weighted by Gasteiger charge is -2.00. The highest BCUT2D eigenvalue weighted by molar-refractivity contribution is 6.48. The van der Waals surface area contributed by atoms with Gasteiger partial charge in [-0.1, -0.05) is 0 Å². The minimum Gasteiger partial charge on any atom is -0.480 e. The van der Waals surface area contributed by atoms with E-state index >= 15 is 0 Å². The van der Waals surface area contributed by atoms with Crippen LogP contribution in [-0.4, -0.2) is 26.7 Å². The van der Waals surface area contributed by atoms with Crippen LogP contribution >= 0.6 is 0 Å². The van der Waals surface area contributed by atoms with Crippen molar-refractivity contribution in [2.45, 2.75) is 13.1 Å². The van der Waals surface area contributed by atoms with Gasteiger partial charge in [0.25, 0.3) is 0 Å². The molecule has 3 nitrogen and oxygen atoms in total. The van der Waals surface area contributed by atoms with Gasteiger partial charge in [-0.2, -0.15) is 0 Å². The van der Waals surface area contributed by atoms with E-state index in [1.807, 2.05) is 13.1 Å². The van der Waals surface area contributed by atoms with E-state index in [0.717, 1.165) is 0 Å². The molecule has 0 spiro atoms. The van der Waals surface area contributed by atoms with Gasteiger partial charge in [0.05, 0.1) is 0 Å². The maximum atomic E-state index is 9.80. The Hall–Kier alpha value is -0.353. The second kappa shape index (κ2) is 3.62. The van der Waals surface area contributed by atoms with Crippen molar-refractivity contribution in [3.05, 3.63) is 0 Å². The molecule has 0 aliphatic carbocycles. The Bertz CT molecular complexity index is 81.4. The smallest absolute Gasteiger partial charge is 0.328 e. The molecule has 4 heteroatoms. The summed E-state index contributed by atoms with van der Waals surface area (Å²) in [6.07, 6.45) is 0. The molecule has 0 rings (SSSR count). The molecular formula is C4H10O3Si. The van der Waals surface area contributed by atoms with E-state index in [4.69, 9.17) is 9.53 Å². The number of carbonyl (C=O) groups is 1. The second-order valence-electron chi connectivity index (χ2n) is 1.75. The Balaban J connectivity index is 3.05. The molecule has 0 saturated carbocycles. The molecule has 8 heavy (non-hydrogen) atoms. The average Bonchev–Trinajstić information content (AvgIpc) is 1.61. The zero-order chi connectivity index (χ0) is 6.57. The molecule has 0 aliphatic rings. The summed E-state index contributed by atoms with van der Waals surface area (Å²) in [5, 5.41) is 8.06. The number of rotatable bonds is 3. The maximum absolute atomic E-state index is 9.80. The van der Waals surface area contributed by atoms with Crippen molar-refractivity contribution in [3.63, 3.8) is 0 Å². The van der Waals surface area contributed by atoms with Crippen molar-refractivity contribution in [3.8, 4) is 0 Å². The molecule has 48 valence electrons. The Morgan fingerprint density at radius 1 is 1.75 bits per heavy atom. The highest BCUT2D eigenvalue weighted by atomic mass is 28.3. The lowest BCUT2D eigenvalue weighted by atomic mass is 10.8. The Kier molecular flexibility index (Phi) is 3.46. The molecule has 0 atom stereocenters. The predicted octanol–water partition coefficient (Wildman–Crippen LogP) is 0.0710. The van der Waals surface area contributed by atoms with Gasteiger partial charge in [0.15, 0.2) is 9.04 Å². The number of carboxylic acid groups (broad SMARTS) is 1. The molecule has 0 unspecified atom stereocenters. The van der Waals surface area contributed by atoms with Gasteiger partial charge in [-0.3, -0.25) is 0 Å². The van der Waals surface area contributed by atoms with Gasteiger partial charge in [-0.25, -0.2) is 4.79 Å². The van der Waals surface area contributed by atoms with Crippen molar-refractivity contribution >= 4 is 15.0 Å². The first-order valence-electron chi connectivity index (χ1n) is 2.46. The highest BCUT2D eigenvalue weighted by Crippen LogP contribution is 1.81. The van der Waals surface area contributed by atoms with Gasteiger partial charge in [-0.05, 0) is 13.1 Å². The van der Waals surface area contributed by atoms with Crippen LogP contribution in [0.25, 0.3) is 0 Å². The summed E-state index contributed by atoms with van der Waals surface area (Å²) in [6, 6.07) is 0. The lowest BCUT2D eigenvalue weighted by Crippen LogP contribution is -2.14. The Morgan fingerprint density at radius 2 is 2.25 bits per heavy atom. The average molecular weight is 134 g/mol. The summed E-state index contributed by atoms with van der Waals surface area (Å²) in [4.78, 5) is 9.80. The first-order chi connectivity index (χ1) is 3.63. The summed E-state index contributed by atoms with van der Waals surface area (Å²) in [6.45, 7) is 3.73. The first kappa shape index (κ1) is 7.65. The molecule has 1 N–H and O–H groups in total. The van der Waals surface area contributed by atoms with Crippen LogP contribution in [0, 0.1) is 0 Å². The SMILES string of the molecule is C[SiH](C)OCC(=O)O. The maximum Gasteiger partial charge on any atom is 0.328 e. The zero-order valence-electron chi connectivity index (χ0n) is 5.05. The van der Waals surface area contributed by atoms with Crippen LogP contribution in [0.1, 0.15) is 0 Å². The highest BCUT2D eigenvalue weighted by Gasteiger charge is 1.98. The van der Waals surface area contributed by atoms with Crippen LogP contribution in [0.5, 0.6) is 0 Å². The van der Waals surface area contributed by atoms with Gasteiger partial charge in [0.2, 0.25) is 0 Å². The van der Waals surface area contributed by atoms with Crippen molar-refractivity contribution in [1.29, 1.82) is 0 Å². The van der Waals surface area contributed by atoms with Gasteiger partial charge in [-0.15, -0.1) is 0 Å². The fourth-order valence-corrected chi connectivity index (χ4v) is 0.714. The van der Waals surface area contributed by atoms with Crippen molar-refractivity contribution in [2.75, 3.05) is 6.61 Å². The fraction of sp³-hybridized carbons (Fsp3) is 0.750. The van der Waals surface area contributed by atoms with E-state index < -0.39 is 15.0 Å². The summed E-state index contributed by atoms with van der Waals surface area (Å²) in [7, 11) is -1.11. The van der Waals surface area contributed by atoms with E-state index in [2.05, 4.69) is 0 Å². The molecule has 0 amide bonds. The molecular weight excluding hydrogens is 124 g/mol. The van der Waals surface area contributed by atoms with Crippen molar-refractivity contribution in [1.82, 2.24) is 0 Å². The van der Waals surface area contributed by atoms with E-state index in [1.165, 1.54) is 0 Å². The summed E-state index contributed by atoms with van der Waals surface area (Å²) < 4.78 is 4.84. The molecule has 0 radical (unpaired) electrons. The van der Waals surface area contributed by atoms with Crippen LogP contribution in [-0.2, 0) is 9.22 Å². The standard InChI is InChI=1S/C4H10O3Si/c1-8(2)7-3-4(5)6/h8H,3H2,1-2H3,(H,5,6). The molecule has 0 fully saturated rings. The minimum absolute atomic E-state index is 0.135. The second-order valence-corrected chi connectivity index (χ2v) is 4.18. The van der Waals surface area contributed by atoms with Gasteiger partial charge in [0.1, 0.15) is 6.61 Å². The van der Waals surface area contributed by atoms with E-state index in [1.54, 1.807) is 0 Å². The minimum atomic E-state index is -1.11. The summed E-state index contributed by atoms with van der Waals surface area (Å²) in [5.74, 6) is -0.883. The molecule has 0 aromatic heterocycles. The number of aliphatic carboxylic acids is 1. The van der Waals surface area contributed by atoms with Gasteiger partial charge >= 0.3 is 5.97 Å². The molecule has 0 saturated heterocycles. The molecule has 0 aromatic carbocycles. The summed E-state index contributed by atoms with van der Waals surface area (Å²) >= 11 is 0. The van der Waals surface area contributed by atoms with E-state index in [0.29, 0.717) is 0 Å². The molecule has 0 aliphatic heterocycles. The normalized spacial score (nSPS) is 9.88. The third-order valence-corrected chi connectivity index (χ3v) is 1.37. The fourth-order valence-electron chi connectivity index (χ4n) is 0.238. The third kappa shape index (κ3) is 5.65. The topological polar surface area (TPSA) is 46.5 Å². The van der Waals surface area contributed by atoms with Crippen molar-refractivity contribution < 1.29 is 14.3 Å². The monoisotopic (exact) mass is 134 g/mol. The first-order valence-corrected chi connectivity index (χ1v) is 5.24. The number of hydrogen-bond donors (Lipinski definition) is 1. The van der Waals surface area contributed by atoms with Crippen LogP contribution in [0.15, 0.2) is 0 Å². The Morgan fingerprint density at radius 3 is 2.38 bits per heavy atom. The lowest BCUT2D eigenvalue weighted by molar-refractivity contribution is -0.139. The van der Waals surface area contributed by atoms with Crippen LogP contribution in [0.2, 0.25) is 13.1 Å². The predicted molar refractivity (Wildman–Crippen MR) is 32.5 cm³/mol. The van der Waals surface area contributed by atoms with Crippen LogP contribution in [0.3, 0.4) is 0 Å². The summed E-state index contributed by atoms with van der Waals surface area (Å²) in [5.41, 5.74) is 0. The number of carboxylic acids is 1. The van der Waals surface area contributed by atoms with Crippen LogP contribution < -0.4 is 0 Å². The third-order valence-electron chi connectivity index (χ3n) is 0.540. The number of hydrogen-bond acceptors (Lipinski definition) is 2. The zero-order valence-corrected chi connectivity index (χ0v) is 6.20. The van der Waals surface area contributed by atoms with Gasteiger partial charge < -0.3 is 9.53 Å². The van der Waals surface area contributed by atoms with Crippen molar-refractivity contribution in [2.24, 2.45) is 0 Å². The molecule has 0 aromatic rings. The Labute approximate surface area is 50.0 Å². The quantitative estimate of drug-likeness (QED) is 0.556. The molecule has 0 heterocycles. The van der Waals surface area contributed by atoms with Gasteiger partial charge in [0, 0.05) is 0 Å².